The zero-order valence-corrected chi connectivity index (χ0v) is 11.9. The molecule has 0 radical (unpaired) electrons. The second-order valence-corrected chi connectivity index (χ2v) is 4.41. The Morgan fingerprint density at radius 1 is 1.15 bits per heavy atom. The minimum absolute atomic E-state index is 0.0596. The summed E-state index contributed by atoms with van der Waals surface area (Å²) in [4.78, 5) is 11.3. The van der Waals surface area contributed by atoms with E-state index in [2.05, 4.69) is 0 Å². The summed E-state index contributed by atoms with van der Waals surface area (Å²) in [5.41, 5.74) is 0. The van der Waals surface area contributed by atoms with Gasteiger partial charge in [-0.3, -0.25) is 4.79 Å². The lowest BCUT2D eigenvalue weighted by atomic mass is 10.1. The number of ether oxygens (including phenoxy) is 3. The number of carbonyl (C=O) groups excluding carboxylic acids is 1. The Labute approximate surface area is 120 Å². The minimum Gasteiger partial charge on any atom is -0.504 e. The van der Waals surface area contributed by atoms with Gasteiger partial charge in [0.1, 0.15) is 0 Å². The third kappa shape index (κ3) is 2.20. The molecule has 20 heavy (non-hydrogen) atoms. The molecule has 0 heterocycles. The Morgan fingerprint density at radius 3 is 2.35 bits per heavy atom. The maximum Gasteiger partial charge on any atom is 0.308 e. The topological polar surface area (TPSA) is 65.0 Å². The number of esters is 1. The molecule has 5 nitrogen and oxygen atoms in total. The summed E-state index contributed by atoms with van der Waals surface area (Å²) in [6.45, 7) is 1.27. The maximum absolute atomic E-state index is 11.3. The van der Waals surface area contributed by atoms with E-state index in [1.807, 2.05) is 0 Å². The van der Waals surface area contributed by atoms with E-state index < -0.39 is 5.97 Å². The molecular weight excluding hydrogens is 284 g/mol. The summed E-state index contributed by atoms with van der Waals surface area (Å²) in [6, 6.07) is 4.97. The highest BCUT2D eigenvalue weighted by atomic mass is 35.5. The average molecular weight is 297 g/mol. The van der Waals surface area contributed by atoms with Crippen LogP contribution in [0.1, 0.15) is 6.92 Å². The summed E-state index contributed by atoms with van der Waals surface area (Å²) >= 11 is 6.10. The fourth-order valence-electron chi connectivity index (χ4n) is 2.02. The van der Waals surface area contributed by atoms with Crippen LogP contribution in [-0.4, -0.2) is 25.3 Å². The lowest BCUT2D eigenvalue weighted by Gasteiger charge is -2.17. The number of halogens is 1. The summed E-state index contributed by atoms with van der Waals surface area (Å²) in [5, 5.41) is 11.4. The van der Waals surface area contributed by atoms with Crippen LogP contribution in [0.25, 0.3) is 10.8 Å². The number of phenols is 1. The first-order valence-corrected chi connectivity index (χ1v) is 6.12. The van der Waals surface area contributed by atoms with Crippen molar-refractivity contribution in [2.45, 2.75) is 6.92 Å². The number of benzene rings is 2. The van der Waals surface area contributed by atoms with Gasteiger partial charge in [0.2, 0.25) is 11.5 Å². The van der Waals surface area contributed by atoms with E-state index in [0.29, 0.717) is 15.8 Å². The Morgan fingerprint density at radius 2 is 1.80 bits per heavy atom. The Balaban J connectivity index is 2.95. The molecule has 2 rings (SSSR count). The monoisotopic (exact) mass is 296 g/mol. The minimum atomic E-state index is -0.516. The zero-order chi connectivity index (χ0) is 14.9. The third-order valence-corrected chi connectivity index (χ3v) is 3.09. The molecule has 1 N–H and O–H groups in total. The van der Waals surface area contributed by atoms with Crippen LogP contribution in [0.5, 0.6) is 23.0 Å². The molecule has 2 aromatic carbocycles. The van der Waals surface area contributed by atoms with E-state index in [1.54, 1.807) is 18.2 Å². The van der Waals surface area contributed by atoms with Crippen molar-refractivity contribution in [2.75, 3.05) is 14.2 Å². The van der Waals surface area contributed by atoms with E-state index in [1.165, 1.54) is 21.1 Å². The van der Waals surface area contributed by atoms with Gasteiger partial charge in [0.25, 0.3) is 0 Å². The highest BCUT2D eigenvalue weighted by molar-refractivity contribution is 6.36. The van der Waals surface area contributed by atoms with Crippen LogP contribution >= 0.6 is 11.6 Å². The van der Waals surface area contributed by atoms with Crippen LogP contribution in [0.3, 0.4) is 0 Å². The van der Waals surface area contributed by atoms with Crippen LogP contribution in [0, 0.1) is 0 Å². The molecule has 0 atom stereocenters. The molecule has 0 fully saturated rings. The lowest BCUT2D eigenvalue weighted by Crippen LogP contribution is -2.05. The van der Waals surface area contributed by atoms with Crippen LogP contribution in [0.4, 0.5) is 0 Å². The fourth-order valence-corrected chi connectivity index (χ4v) is 2.28. The largest absolute Gasteiger partial charge is 0.504 e. The summed E-state index contributed by atoms with van der Waals surface area (Å²) in [6.07, 6.45) is 0. The van der Waals surface area contributed by atoms with Gasteiger partial charge in [0.15, 0.2) is 11.5 Å². The Kier molecular flexibility index (Phi) is 3.90. The van der Waals surface area contributed by atoms with Gasteiger partial charge in [-0.15, -0.1) is 0 Å². The zero-order valence-electron chi connectivity index (χ0n) is 11.2. The van der Waals surface area contributed by atoms with Crippen molar-refractivity contribution >= 4 is 28.3 Å². The Hall–Kier alpha value is -2.14. The number of carbonyl (C=O) groups is 1. The van der Waals surface area contributed by atoms with Gasteiger partial charge in [0, 0.05) is 12.3 Å². The second kappa shape index (κ2) is 5.46. The van der Waals surface area contributed by atoms with Gasteiger partial charge in [-0.05, 0) is 6.07 Å². The first kappa shape index (κ1) is 14.3. The van der Waals surface area contributed by atoms with Crippen molar-refractivity contribution < 1.29 is 24.1 Å². The van der Waals surface area contributed by atoms with Gasteiger partial charge in [-0.2, -0.15) is 0 Å². The van der Waals surface area contributed by atoms with Crippen molar-refractivity contribution in [1.29, 1.82) is 0 Å². The molecule has 0 saturated carbocycles. The van der Waals surface area contributed by atoms with Crippen LogP contribution in [-0.2, 0) is 4.79 Å². The van der Waals surface area contributed by atoms with Crippen LogP contribution < -0.4 is 14.2 Å². The number of fused-ring (bicyclic) bond motifs is 1. The second-order valence-electron chi connectivity index (χ2n) is 4.00. The molecule has 0 bridgehead atoms. The quantitative estimate of drug-likeness (QED) is 0.696. The predicted octanol–water partition coefficient (Wildman–Crippen LogP) is 3.14. The van der Waals surface area contributed by atoms with E-state index in [0.717, 1.165) is 0 Å². The SMILES string of the molecule is COc1c(OC)c(O)c2c(Cl)cccc2c1OC(C)=O. The van der Waals surface area contributed by atoms with Gasteiger partial charge in [-0.1, -0.05) is 23.7 Å². The number of hydrogen-bond donors (Lipinski definition) is 1. The molecule has 0 aliphatic heterocycles. The summed E-state index contributed by atoms with van der Waals surface area (Å²) < 4.78 is 15.5. The maximum atomic E-state index is 11.3. The number of methoxy groups -OCH3 is 2. The molecular formula is C14H13ClO5. The summed E-state index contributed by atoms with van der Waals surface area (Å²) in [5.74, 6) is -0.329. The van der Waals surface area contributed by atoms with E-state index in [4.69, 9.17) is 25.8 Å². The molecule has 2 aromatic rings. The smallest absolute Gasteiger partial charge is 0.308 e. The van der Waals surface area contributed by atoms with Crippen molar-refractivity contribution in [1.82, 2.24) is 0 Å². The Bertz CT molecular complexity index is 681. The van der Waals surface area contributed by atoms with E-state index in [9.17, 15) is 9.90 Å². The molecule has 0 aromatic heterocycles. The molecule has 0 saturated heterocycles. The first-order chi connectivity index (χ1) is 9.51. The molecule has 0 unspecified atom stereocenters. The molecule has 106 valence electrons. The number of aromatic hydroxyl groups is 1. The molecule has 0 spiro atoms. The first-order valence-electron chi connectivity index (χ1n) is 5.74. The number of rotatable bonds is 3. The molecule has 0 aliphatic rings. The normalized spacial score (nSPS) is 10.4. The van der Waals surface area contributed by atoms with Gasteiger partial charge in [0.05, 0.1) is 24.6 Å². The van der Waals surface area contributed by atoms with Gasteiger partial charge < -0.3 is 19.3 Å². The highest BCUT2D eigenvalue weighted by Crippen LogP contribution is 2.52. The lowest BCUT2D eigenvalue weighted by molar-refractivity contribution is -0.131. The van der Waals surface area contributed by atoms with Crippen molar-refractivity contribution in [3.05, 3.63) is 23.2 Å². The van der Waals surface area contributed by atoms with Crippen molar-refractivity contribution in [3.8, 4) is 23.0 Å². The molecule has 0 amide bonds. The summed E-state index contributed by atoms with van der Waals surface area (Å²) in [7, 11) is 2.76. The van der Waals surface area contributed by atoms with Crippen molar-refractivity contribution in [3.63, 3.8) is 0 Å². The molecule has 0 aliphatic carbocycles. The van der Waals surface area contributed by atoms with E-state index in [-0.39, 0.29) is 23.0 Å². The number of hydrogen-bond acceptors (Lipinski definition) is 5. The standard InChI is InChI=1S/C14H13ClO5/c1-7(16)20-12-8-5-4-6-9(15)10(8)11(17)13(18-2)14(12)19-3/h4-6,17H,1-3H3. The average Bonchev–Trinajstić information content (AvgIpc) is 2.40. The third-order valence-electron chi connectivity index (χ3n) is 2.78. The highest BCUT2D eigenvalue weighted by Gasteiger charge is 2.24. The number of phenolic OH excluding ortho intramolecular Hbond substituents is 1. The van der Waals surface area contributed by atoms with Crippen LogP contribution in [0.15, 0.2) is 18.2 Å². The van der Waals surface area contributed by atoms with Crippen LogP contribution in [0.2, 0.25) is 5.02 Å². The van der Waals surface area contributed by atoms with Crippen molar-refractivity contribution in [2.24, 2.45) is 0 Å². The fraction of sp³-hybridized carbons (Fsp3) is 0.214. The van der Waals surface area contributed by atoms with E-state index >= 15 is 0 Å². The van der Waals surface area contributed by atoms with Gasteiger partial charge in [-0.25, -0.2) is 0 Å². The predicted molar refractivity (Wildman–Crippen MR) is 75.0 cm³/mol. The molecule has 6 heteroatoms. The van der Waals surface area contributed by atoms with Gasteiger partial charge >= 0.3 is 5.97 Å².